The van der Waals surface area contributed by atoms with Crippen LogP contribution in [0.1, 0.15) is 33.7 Å². The molecule has 162 valence electrons. The van der Waals surface area contributed by atoms with Crippen molar-refractivity contribution in [2.24, 2.45) is 0 Å². The molecule has 0 aliphatic rings. The van der Waals surface area contributed by atoms with Gasteiger partial charge in [0.25, 0.3) is 5.91 Å². The molecule has 0 spiro atoms. The Morgan fingerprint density at radius 3 is 2.59 bits per heavy atom. The summed E-state index contributed by atoms with van der Waals surface area (Å²) in [6.45, 7) is 2.28. The Bertz CT molecular complexity index is 1170. The summed E-state index contributed by atoms with van der Waals surface area (Å²) < 4.78 is 10.6. The molecule has 3 aromatic rings. The molecule has 1 N–H and O–H groups in total. The van der Waals surface area contributed by atoms with Gasteiger partial charge in [0.05, 0.1) is 12.7 Å². The van der Waals surface area contributed by atoms with Crippen LogP contribution in [0.25, 0.3) is 17.4 Å². The van der Waals surface area contributed by atoms with Crippen molar-refractivity contribution in [1.29, 1.82) is 5.26 Å². The van der Waals surface area contributed by atoms with Gasteiger partial charge in [-0.2, -0.15) is 5.26 Å². The van der Waals surface area contributed by atoms with Crippen LogP contribution >= 0.6 is 0 Å². The van der Waals surface area contributed by atoms with Crippen molar-refractivity contribution in [1.82, 2.24) is 5.32 Å². The van der Waals surface area contributed by atoms with Gasteiger partial charge in [-0.3, -0.25) is 4.79 Å². The molecule has 0 aliphatic carbocycles. The van der Waals surface area contributed by atoms with Crippen LogP contribution in [-0.4, -0.2) is 25.5 Å². The van der Waals surface area contributed by atoms with E-state index in [1.807, 2.05) is 49.4 Å². The normalized spacial score (nSPS) is 11.0. The highest BCUT2D eigenvalue weighted by molar-refractivity contribution is 6.01. The summed E-state index contributed by atoms with van der Waals surface area (Å²) in [5.41, 5.74) is 3.07. The summed E-state index contributed by atoms with van der Waals surface area (Å²) in [7, 11) is 1.33. The second kappa shape index (κ2) is 10.8. The lowest BCUT2D eigenvalue weighted by Crippen LogP contribution is -2.25. The average molecular weight is 428 g/mol. The summed E-state index contributed by atoms with van der Waals surface area (Å²) in [5.74, 6) is 0.0352. The van der Waals surface area contributed by atoms with Gasteiger partial charge in [-0.25, -0.2) is 4.79 Å². The minimum Gasteiger partial charge on any atom is -0.465 e. The number of benzene rings is 2. The molecule has 1 heterocycles. The highest BCUT2D eigenvalue weighted by atomic mass is 16.5. The van der Waals surface area contributed by atoms with Crippen molar-refractivity contribution < 1.29 is 18.7 Å². The van der Waals surface area contributed by atoms with Gasteiger partial charge in [0.15, 0.2) is 0 Å². The summed E-state index contributed by atoms with van der Waals surface area (Å²) in [5, 5.41) is 12.2. The Labute approximate surface area is 187 Å². The van der Waals surface area contributed by atoms with E-state index < -0.39 is 11.9 Å². The van der Waals surface area contributed by atoms with E-state index in [0.717, 1.165) is 24.0 Å². The molecule has 0 atom stereocenters. The van der Waals surface area contributed by atoms with E-state index in [1.165, 1.54) is 18.7 Å². The molecule has 2 aromatic carbocycles. The first-order valence-corrected chi connectivity index (χ1v) is 10.3. The van der Waals surface area contributed by atoms with Crippen LogP contribution in [0, 0.1) is 18.3 Å². The summed E-state index contributed by atoms with van der Waals surface area (Å²) in [4.78, 5) is 24.3. The van der Waals surface area contributed by atoms with E-state index in [1.54, 1.807) is 24.3 Å². The molecule has 0 saturated carbocycles. The number of furan rings is 1. The van der Waals surface area contributed by atoms with Crippen molar-refractivity contribution >= 4 is 18.0 Å². The standard InChI is InChI=1S/C26H24N2O4/c1-18-22(11-6-12-23(18)26(30)31-2)24-14-13-21(32-24)16-20(17-27)25(29)28-15-7-10-19-8-4-3-5-9-19/h3-6,8-9,11-14,16H,7,10,15H2,1-2H3,(H,28,29)/b20-16-. The van der Waals surface area contributed by atoms with E-state index in [9.17, 15) is 14.9 Å². The van der Waals surface area contributed by atoms with Crippen LogP contribution in [0.5, 0.6) is 0 Å². The lowest BCUT2D eigenvalue weighted by molar-refractivity contribution is -0.117. The van der Waals surface area contributed by atoms with Gasteiger partial charge in [-0.05, 0) is 49.1 Å². The number of hydrogen-bond acceptors (Lipinski definition) is 5. The maximum Gasteiger partial charge on any atom is 0.338 e. The molecule has 0 radical (unpaired) electrons. The summed E-state index contributed by atoms with van der Waals surface area (Å²) in [6, 6.07) is 20.6. The van der Waals surface area contributed by atoms with Crippen LogP contribution in [-0.2, 0) is 16.0 Å². The van der Waals surface area contributed by atoms with E-state index in [4.69, 9.17) is 9.15 Å². The molecule has 0 bridgehead atoms. The fraction of sp³-hybridized carbons (Fsp3) is 0.192. The molecule has 32 heavy (non-hydrogen) atoms. The third kappa shape index (κ3) is 5.52. The molecule has 6 heteroatoms. The lowest BCUT2D eigenvalue weighted by Gasteiger charge is -2.07. The van der Waals surface area contributed by atoms with Crippen molar-refractivity contribution in [3.63, 3.8) is 0 Å². The quantitative estimate of drug-likeness (QED) is 0.243. The van der Waals surface area contributed by atoms with Gasteiger partial charge in [0, 0.05) is 18.2 Å². The molecule has 1 aromatic heterocycles. The number of aryl methyl sites for hydroxylation is 1. The first-order chi connectivity index (χ1) is 15.5. The largest absolute Gasteiger partial charge is 0.465 e. The van der Waals surface area contributed by atoms with E-state index >= 15 is 0 Å². The lowest BCUT2D eigenvalue weighted by atomic mass is 10.0. The highest BCUT2D eigenvalue weighted by Crippen LogP contribution is 2.28. The average Bonchev–Trinajstić information content (AvgIpc) is 3.28. The number of rotatable bonds is 8. The molecular weight excluding hydrogens is 404 g/mol. The monoisotopic (exact) mass is 428 g/mol. The number of carbonyl (C=O) groups is 2. The van der Waals surface area contributed by atoms with Gasteiger partial charge in [0.2, 0.25) is 0 Å². The molecule has 0 unspecified atom stereocenters. The maximum atomic E-state index is 12.4. The van der Waals surface area contributed by atoms with Crippen LogP contribution in [0.4, 0.5) is 0 Å². The van der Waals surface area contributed by atoms with Gasteiger partial charge in [-0.15, -0.1) is 0 Å². The molecule has 0 fully saturated rings. The zero-order valence-corrected chi connectivity index (χ0v) is 18.1. The van der Waals surface area contributed by atoms with E-state index in [2.05, 4.69) is 5.32 Å². The zero-order valence-electron chi connectivity index (χ0n) is 18.1. The first-order valence-electron chi connectivity index (χ1n) is 10.3. The van der Waals surface area contributed by atoms with Gasteiger partial charge >= 0.3 is 5.97 Å². The summed E-state index contributed by atoms with van der Waals surface area (Å²) >= 11 is 0. The molecule has 1 amide bonds. The topological polar surface area (TPSA) is 92.3 Å². The maximum absolute atomic E-state index is 12.4. The van der Waals surface area contributed by atoms with E-state index in [0.29, 0.717) is 23.6 Å². The number of carbonyl (C=O) groups excluding carboxylic acids is 2. The number of methoxy groups -OCH3 is 1. The van der Waals surface area contributed by atoms with Gasteiger partial charge in [-0.1, -0.05) is 42.5 Å². The third-order valence-electron chi connectivity index (χ3n) is 5.05. The Morgan fingerprint density at radius 1 is 1.09 bits per heavy atom. The van der Waals surface area contributed by atoms with Crippen molar-refractivity contribution in [2.75, 3.05) is 13.7 Å². The number of hydrogen-bond donors (Lipinski definition) is 1. The van der Waals surface area contributed by atoms with Crippen LogP contribution in [0.3, 0.4) is 0 Å². The predicted octanol–water partition coefficient (Wildman–Crippen LogP) is 4.70. The molecular formula is C26H24N2O4. The highest BCUT2D eigenvalue weighted by Gasteiger charge is 2.15. The smallest absolute Gasteiger partial charge is 0.338 e. The van der Waals surface area contributed by atoms with Crippen LogP contribution < -0.4 is 5.32 Å². The molecule has 0 saturated heterocycles. The Hall–Kier alpha value is -4.11. The van der Waals surface area contributed by atoms with Crippen LogP contribution in [0.2, 0.25) is 0 Å². The Balaban J connectivity index is 1.67. The molecule has 3 rings (SSSR count). The molecule has 0 aliphatic heterocycles. The number of ether oxygens (including phenoxy) is 1. The van der Waals surface area contributed by atoms with E-state index in [-0.39, 0.29) is 5.57 Å². The minimum atomic E-state index is -0.442. The molecule has 6 nitrogen and oxygen atoms in total. The van der Waals surface area contributed by atoms with Crippen LogP contribution in [0.15, 0.2) is 70.7 Å². The number of nitrogens with zero attached hydrogens (tertiary/aromatic N) is 1. The third-order valence-corrected chi connectivity index (χ3v) is 5.05. The number of nitrogens with one attached hydrogen (secondary N) is 1. The Kier molecular flexibility index (Phi) is 7.60. The van der Waals surface area contributed by atoms with Crippen molar-refractivity contribution in [3.05, 3.63) is 88.7 Å². The van der Waals surface area contributed by atoms with Crippen molar-refractivity contribution in [3.8, 4) is 17.4 Å². The predicted molar refractivity (Wildman–Crippen MR) is 122 cm³/mol. The minimum absolute atomic E-state index is 0.0364. The second-order valence-electron chi connectivity index (χ2n) is 7.19. The number of nitriles is 1. The zero-order chi connectivity index (χ0) is 22.9. The number of amides is 1. The summed E-state index contributed by atoms with van der Waals surface area (Å²) in [6.07, 6.45) is 3.03. The van der Waals surface area contributed by atoms with Crippen molar-refractivity contribution in [2.45, 2.75) is 19.8 Å². The SMILES string of the molecule is COC(=O)c1cccc(-c2ccc(/C=C(/C#N)C(=O)NCCCc3ccccc3)o2)c1C. The Morgan fingerprint density at radius 2 is 1.88 bits per heavy atom. The van der Waals surface area contributed by atoms with Gasteiger partial charge < -0.3 is 14.5 Å². The fourth-order valence-electron chi connectivity index (χ4n) is 3.33. The number of esters is 1. The first kappa shape index (κ1) is 22.6. The fourth-order valence-corrected chi connectivity index (χ4v) is 3.33. The van der Waals surface area contributed by atoms with Gasteiger partial charge in [0.1, 0.15) is 23.2 Å². The second-order valence-corrected chi connectivity index (χ2v) is 7.19.